The minimum Gasteiger partial charge on any atom is -0.321 e. The van der Waals surface area contributed by atoms with E-state index in [0.29, 0.717) is 41.2 Å². The summed E-state index contributed by atoms with van der Waals surface area (Å²) in [5.74, 6) is -1.19. The minimum atomic E-state index is -0.494. The van der Waals surface area contributed by atoms with Crippen LogP contribution in [0, 0.1) is 12.7 Å². The molecule has 2 amide bonds. The molecule has 2 heterocycles. The van der Waals surface area contributed by atoms with Crippen molar-refractivity contribution in [1.82, 2.24) is 0 Å². The van der Waals surface area contributed by atoms with Crippen molar-refractivity contribution >= 4 is 51.9 Å². The van der Waals surface area contributed by atoms with Gasteiger partial charge in [0.2, 0.25) is 0 Å². The van der Waals surface area contributed by atoms with Crippen LogP contribution >= 0.6 is 22.9 Å². The molecule has 8 heteroatoms. The lowest BCUT2D eigenvalue weighted by Gasteiger charge is -2.21. The summed E-state index contributed by atoms with van der Waals surface area (Å²) >= 11 is 7.67. The zero-order valence-corrected chi connectivity index (χ0v) is 18.1. The fourth-order valence-corrected chi connectivity index (χ4v) is 4.61. The SMILES string of the molecule is Cc1c(F)cccc1C(=O)Nc1ccc(C(=O)N2CCCC(=O)c3sccc32)cc1Cl. The van der Waals surface area contributed by atoms with Crippen LogP contribution in [-0.2, 0) is 0 Å². The number of nitrogens with one attached hydrogen (secondary N) is 1. The third-order valence-corrected chi connectivity index (χ3v) is 6.45. The van der Waals surface area contributed by atoms with Crippen LogP contribution in [0.25, 0.3) is 0 Å². The molecule has 0 atom stereocenters. The standard InChI is InChI=1S/C23H18ClFN2O3S/c1-13-15(4-2-5-17(13)25)22(29)26-18-8-7-14(12-16(18)24)23(30)27-10-3-6-20(28)21-19(27)9-11-31-21/h2,4-5,7-9,11-12H,3,6,10H2,1H3,(H,26,29). The molecule has 1 aliphatic rings. The highest BCUT2D eigenvalue weighted by Gasteiger charge is 2.27. The van der Waals surface area contributed by atoms with Gasteiger partial charge >= 0.3 is 0 Å². The molecule has 1 aliphatic heterocycles. The topological polar surface area (TPSA) is 66.5 Å². The number of fused-ring (bicyclic) bond motifs is 1. The van der Waals surface area contributed by atoms with Crippen molar-refractivity contribution in [3.63, 3.8) is 0 Å². The molecule has 0 unspecified atom stereocenters. The molecule has 0 fully saturated rings. The molecule has 4 rings (SSSR count). The summed E-state index contributed by atoms with van der Waals surface area (Å²) in [6, 6.07) is 10.6. The van der Waals surface area contributed by atoms with Gasteiger partial charge in [0, 0.05) is 24.1 Å². The highest BCUT2D eigenvalue weighted by atomic mass is 35.5. The summed E-state index contributed by atoms with van der Waals surface area (Å²) < 4.78 is 13.7. The van der Waals surface area contributed by atoms with Crippen molar-refractivity contribution in [3.8, 4) is 0 Å². The smallest absolute Gasteiger partial charge is 0.258 e. The van der Waals surface area contributed by atoms with Gasteiger partial charge in [-0.3, -0.25) is 14.4 Å². The van der Waals surface area contributed by atoms with Crippen LogP contribution in [0.15, 0.2) is 47.8 Å². The van der Waals surface area contributed by atoms with Crippen LogP contribution in [0.2, 0.25) is 5.02 Å². The van der Waals surface area contributed by atoms with E-state index in [4.69, 9.17) is 11.6 Å². The van der Waals surface area contributed by atoms with Crippen LogP contribution in [0.4, 0.5) is 15.8 Å². The van der Waals surface area contributed by atoms with Crippen molar-refractivity contribution in [1.29, 1.82) is 0 Å². The van der Waals surface area contributed by atoms with E-state index >= 15 is 0 Å². The van der Waals surface area contributed by atoms with Gasteiger partial charge in [0.25, 0.3) is 11.8 Å². The van der Waals surface area contributed by atoms with E-state index in [1.807, 2.05) is 0 Å². The van der Waals surface area contributed by atoms with E-state index in [2.05, 4.69) is 5.32 Å². The van der Waals surface area contributed by atoms with Crippen molar-refractivity contribution in [2.24, 2.45) is 0 Å². The Morgan fingerprint density at radius 2 is 2.00 bits per heavy atom. The number of hydrogen-bond acceptors (Lipinski definition) is 4. The number of anilines is 2. The Morgan fingerprint density at radius 1 is 1.19 bits per heavy atom. The Hall–Kier alpha value is -3.03. The maximum absolute atomic E-state index is 13.7. The molecule has 2 aromatic carbocycles. The van der Waals surface area contributed by atoms with E-state index in [-0.39, 0.29) is 27.8 Å². The van der Waals surface area contributed by atoms with E-state index in [0.717, 1.165) is 0 Å². The number of halogens is 2. The highest BCUT2D eigenvalue weighted by Crippen LogP contribution is 2.33. The molecule has 158 valence electrons. The average Bonchev–Trinajstić information content (AvgIpc) is 3.18. The quantitative estimate of drug-likeness (QED) is 0.547. The van der Waals surface area contributed by atoms with Gasteiger partial charge < -0.3 is 10.2 Å². The fraction of sp³-hybridized carbons (Fsp3) is 0.174. The Morgan fingerprint density at radius 3 is 2.77 bits per heavy atom. The number of ketones is 1. The number of carbonyl (C=O) groups is 3. The molecule has 3 aromatic rings. The summed E-state index contributed by atoms with van der Waals surface area (Å²) in [6.45, 7) is 1.96. The number of nitrogens with zero attached hydrogens (tertiary/aromatic N) is 1. The van der Waals surface area contributed by atoms with Gasteiger partial charge in [-0.25, -0.2) is 4.39 Å². The molecule has 0 bridgehead atoms. The number of hydrogen-bond donors (Lipinski definition) is 1. The molecule has 5 nitrogen and oxygen atoms in total. The Kier molecular flexibility index (Phi) is 5.89. The predicted octanol–water partition coefficient (Wildman–Crippen LogP) is 5.72. The molecule has 0 spiro atoms. The van der Waals surface area contributed by atoms with Crippen LogP contribution in [0.5, 0.6) is 0 Å². The summed E-state index contributed by atoms with van der Waals surface area (Å²) in [4.78, 5) is 40.1. The van der Waals surface area contributed by atoms with E-state index in [1.165, 1.54) is 42.5 Å². The molecular formula is C23H18ClFN2O3S. The molecule has 0 saturated heterocycles. The zero-order valence-electron chi connectivity index (χ0n) is 16.6. The van der Waals surface area contributed by atoms with Gasteiger partial charge in [0.15, 0.2) is 5.78 Å². The van der Waals surface area contributed by atoms with Crippen LogP contribution in [0.3, 0.4) is 0 Å². The molecule has 0 aliphatic carbocycles. The van der Waals surface area contributed by atoms with Gasteiger partial charge in [-0.05, 0) is 60.7 Å². The average molecular weight is 457 g/mol. The van der Waals surface area contributed by atoms with Crippen LogP contribution in [-0.4, -0.2) is 24.1 Å². The maximum atomic E-state index is 13.7. The number of Topliss-reactive ketones (excluding diaryl/α,β-unsaturated/α-hetero) is 1. The molecule has 1 N–H and O–H groups in total. The largest absolute Gasteiger partial charge is 0.321 e. The lowest BCUT2D eigenvalue weighted by molar-refractivity contribution is 0.0975. The predicted molar refractivity (Wildman–Crippen MR) is 120 cm³/mol. The lowest BCUT2D eigenvalue weighted by Crippen LogP contribution is -2.31. The molecule has 0 radical (unpaired) electrons. The third-order valence-electron chi connectivity index (χ3n) is 5.20. The van der Waals surface area contributed by atoms with Gasteiger partial charge in [-0.15, -0.1) is 11.3 Å². The molecule has 1 aromatic heterocycles. The van der Waals surface area contributed by atoms with Crippen molar-refractivity contribution in [3.05, 3.63) is 80.3 Å². The highest BCUT2D eigenvalue weighted by molar-refractivity contribution is 7.12. The Balaban J connectivity index is 1.57. The van der Waals surface area contributed by atoms with Gasteiger partial charge in [-0.1, -0.05) is 17.7 Å². The first-order chi connectivity index (χ1) is 14.9. The van der Waals surface area contributed by atoms with E-state index in [1.54, 1.807) is 28.5 Å². The summed E-state index contributed by atoms with van der Waals surface area (Å²) in [6.07, 6.45) is 0.989. The zero-order chi connectivity index (χ0) is 22.1. The number of carbonyl (C=O) groups excluding carboxylic acids is 3. The first-order valence-corrected chi connectivity index (χ1v) is 10.9. The van der Waals surface area contributed by atoms with Gasteiger partial charge in [-0.2, -0.15) is 0 Å². The fourth-order valence-electron chi connectivity index (χ4n) is 3.51. The second-order valence-electron chi connectivity index (χ2n) is 7.18. The monoisotopic (exact) mass is 456 g/mol. The minimum absolute atomic E-state index is 0.0454. The number of thiophene rings is 1. The van der Waals surface area contributed by atoms with Crippen molar-refractivity contribution < 1.29 is 18.8 Å². The number of rotatable bonds is 3. The van der Waals surface area contributed by atoms with Crippen molar-refractivity contribution in [2.45, 2.75) is 19.8 Å². The summed E-state index contributed by atoms with van der Waals surface area (Å²) in [5, 5.41) is 4.65. The van der Waals surface area contributed by atoms with Crippen molar-refractivity contribution in [2.75, 3.05) is 16.8 Å². The number of benzene rings is 2. The molecular weight excluding hydrogens is 439 g/mol. The first-order valence-electron chi connectivity index (χ1n) is 9.65. The second-order valence-corrected chi connectivity index (χ2v) is 8.50. The summed E-state index contributed by atoms with van der Waals surface area (Å²) in [7, 11) is 0. The Bertz CT molecular complexity index is 1210. The van der Waals surface area contributed by atoms with Crippen LogP contribution in [0.1, 0.15) is 48.8 Å². The van der Waals surface area contributed by atoms with Crippen LogP contribution < -0.4 is 10.2 Å². The van der Waals surface area contributed by atoms with E-state index < -0.39 is 11.7 Å². The maximum Gasteiger partial charge on any atom is 0.258 e. The third kappa shape index (κ3) is 4.11. The number of amides is 2. The Labute approximate surface area is 187 Å². The summed E-state index contributed by atoms with van der Waals surface area (Å²) in [5.41, 5.74) is 1.72. The van der Waals surface area contributed by atoms with Gasteiger partial charge in [0.1, 0.15) is 5.82 Å². The first kappa shape index (κ1) is 21.2. The molecule has 0 saturated carbocycles. The molecule has 31 heavy (non-hydrogen) atoms. The normalized spacial score (nSPS) is 13.5. The lowest BCUT2D eigenvalue weighted by atomic mass is 10.1. The van der Waals surface area contributed by atoms with E-state index in [9.17, 15) is 18.8 Å². The second kappa shape index (κ2) is 8.61. The van der Waals surface area contributed by atoms with Gasteiger partial charge in [0.05, 0.1) is 21.3 Å².